The van der Waals surface area contributed by atoms with Crippen molar-refractivity contribution >= 4 is 5.97 Å². The molecule has 4 saturated carbocycles. The van der Waals surface area contributed by atoms with Crippen molar-refractivity contribution in [2.75, 3.05) is 0 Å². The van der Waals surface area contributed by atoms with Crippen LogP contribution in [0.5, 0.6) is 0 Å². The van der Waals surface area contributed by atoms with E-state index in [0.717, 1.165) is 23.7 Å². The van der Waals surface area contributed by atoms with Crippen LogP contribution < -0.4 is 0 Å². The molecular weight excluding hydrogens is 260 g/mol. The largest absolute Gasteiger partial charge is 0.456 e. The molecule has 4 aliphatic rings. The first-order valence-electron chi connectivity index (χ1n) is 8.95. The molecule has 21 heavy (non-hydrogen) atoms. The number of carbonyl (C=O) groups excluding carboxylic acids is 1. The number of carbonyl (C=O) groups is 1. The Morgan fingerprint density at radius 2 is 1.52 bits per heavy atom. The van der Waals surface area contributed by atoms with Gasteiger partial charge in [-0.3, -0.25) is 0 Å². The van der Waals surface area contributed by atoms with Gasteiger partial charge in [0.15, 0.2) is 0 Å². The Balaban J connectivity index is 1.62. The fourth-order valence-corrected chi connectivity index (χ4v) is 6.58. The summed E-state index contributed by atoms with van der Waals surface area (Å²) in [7, 11) is 0. The van der Waals surface area contributed by atoms with Crippen molar-refractivity contribution in [2.45, 2.75) is 63.9 Å². The number of rotatable bonds is 4. The first-order chi connectivity index (χ1) is 10.1. The SMILES string of the molecule is C=CC(=O)OC(C)(C1CC2CCC1C2)C1CC2CCC1C2. The van der Waals surface area contributed by atoms with E-state index < -0.39 is 0 Å². The topological polar surface area (TPSA) is 26.3 Å². The van der Waals surface area contributed by atoms with Crippen molar-refractivity contribution in [3.8, 4) is 0 Å². The monoisotopic (exact) mass is 288 g/mol. The van der Waals surface area contributed by atoms with Crippen molar-refractivity contribution < 1.29 is 9.53 Å². The summed E-state index contributed by atoms with van der Waals surface area (Å²) in [6, 6.07) is 0. The van der Waals surface area contributed by atoms with Gasteiger partial charge in [0.25, 0.3) is 0 Å². The van der Waals surface area contributed by atoms with Crippen LogP contribution in [0.1, 0.15) is 58.3 Å². The standard InChI is InChI=1S/C19H28O2/c1-3-18(20)21-19(2,16-10-12-4-6-14(16)8-12)17-11-13-5-7-15(17)9-13/h3,12-17H,1,4-11H2,2H3. The normalized spacial score (nSPS) is 46.5. The lowest BCUT2D eigenvalue weighted by Crippen LogP contribution is -2.50. The van der Waals surface area contributed by atoms with Gasteiger partial charge in [0.05, 0.1) is 0 Å². The third kappa shape index (κ3) is 2.09. The first kappa shape index (κ1) is 13.8. The molecule has 0 aromatic carbocycles. The van der Waals surface area contributed by atoms with Gasteiger partial charge in [-0.05, 0) is 69.1 Å². The van der Waals surface area contributed by atoms with E-state index in [2.05, 4.69) is 13.5 Å². The Kier molecular flexibility index (Phi) is 3.20. The van der Waals surface area contributed by atoms with Crippen LogP contribution in [0.25, 0.3) is 0 Å². The summed E-state index contributed by atoms with van der Waals surface area (Å²) in [4.78, 5) is 12.0. The highest BCUT2D eigenvalue weighted by atomic mass is 16.6. The van der Waals surface area contributed by atoms with Crippen LogP contribution in [0.3, 0.4) is 0 Å². The average molecular weight is 288 g/mol. The number of esters is 1. The fraction of sp³-hybridized carbons (Fsp3) is 0.842. The molecule has 0 amide bonds. The summed E-state index contributed by atoms with van der Waals surface area (Å²) >= 11 is 0. The van der Waals surface area contributed by atoms with Crippen LogP contribution in [0, 0.1) is 35.5 Å². The third-order valence-corrected chi connectivity index (χ3v) is 7.44. The maximum Gasteiger partial charge on any atom is 0.330 e. The zero-order valence-corrected chi connectivity index (χ0v) is 13.2. The molecule has 4 bridgehead atoms. The van der Waals surface area contributed by atoms with Crippen LogP contribution >= 0.6 is 0 Å². The van der Waals surface area contributed by atoms with E-state index in [0.29, 0.717) is 11.8 Å². The molecule has 6 unspecified atom stereocenters. The molecule has 0 aromatic heterocycles. The van der Waals surface area contributed by atoms with Crippen molar-refractivity contribution in [3.63, 3.8) is 0 Å². The van der Waals surface area contributed by atoms with Crippen LogP contribution in [-0.2, 0) is 9.53 Å². The van der Waals surface area contributed by atoms with Gasteiger partial charge in [-0.1, -0.05) is 19.4 Å². The molecule has 0 aromatic rings. The van der Waals surface area contributed by atoms with Gasteiger partial charge in [-0.2, -0.15) is 0 Å². The molecule has 6 atom stereocenters. The maximum atomic E-state index is 12.0. The second kappa shape index (κ2) is 4.86. The molecular formula is C19H28O2. The maximum absolute atomic E-state index is 12.0. The fourth-order valence-electron chi connectivity index (χ4n) is 6.58. The molecule has 116 valence electrons. The summed E-state index contributed by atoms with van der Waals surface area (Å²) in [5.74, 6) is 4.41. The summed E-state index contributed by atoms with van der Waals surface area (Å²) in [6.45, 7) is 5.89. The molecule has 2 nitrogen and oxygen atoms in total. The van der Waals surface area contributed by atoms with Crippen molar-refractivity contribution in [2.24, 2.45) is 35.5 Å². The van der Waals surface area contributed by atoms with Gasteiger partial charge < -0.3 is 4.74 Å². The van der Waals surface area contributed by atoms with Crippen LogP contribution in [0.15, 0.2) is 12.7 Å². The predicted molar refractivity (Wildman–Crippen MR) is 82.6 cm³/mol. The molecule has 0 spiro atoms. The number of ether oxygens (including phenoxy) is 1. The molecule has 4 rings (SSSR count). The van der Waals surface area contributed by atoms with Crippen molar-refractivity contribution in [1.29, 1.82) is 0 Å². The van der Waals surface area contributed by atoms with E-state index in [-0.39, 0.29) is 11.6 Å². The minimum atomic E-state index is -0.231. The highest BCUT2D eigenvalue weighted by Gasteiger charge is 2.58. The average Bonchev–Trinajstić information content (AvgIpc) is 3.25. The van der Waals surface area contributed by atoms with E-state index in [1.54, 1.807) is 0 Å². The third-order valence-electron chi connectivity index (χ3n) is 7.44. The summed E-state index contributed by atoms with van der Waals surface area (Å²) in [5, 5.41) is 0. The summed E-state index contributed by atoms with van der Waals surface area (Å²) < 4.78 is 6.10. The highest BCUT2D eigenvalue weighted by molar-refractivity contribution is 5.81. The van der Waals surface area contributed by atoms with Crippen LogP contribution in [0.4, 0.5) is 0 Å². The number of hydrogen-bond acceptors (Lipinski definition) is 2. The molecule has 4 fully saturated rings. The van der Waals surface area contributed by atoms with Gasteiger partial charge in [0, 0.05) is 17.9 Å². The number of fused-ring (bicyclic) bond motifs is 4. The Labute approximate surface area is 128 Å². The zero-order valence-electron chi connectivity index (χ0n) is 13.2. The quantitative estimate of drug-likeness (QED) is 0.568. The van der Waals surface area contributed by atoms with E-state index >= 15 is 0 Å². The summed E-state index contributed by atoms with van der Waals surface area (Å²) in [5.41, 5.74) is -0.231. The molecule has 0 saturated heterocycles. The Morgan fingerprint density at radius 3 is 1.86 bits per heavy atom. The molecule has 4 aliphatic carbocycles. The van der Waals surface area contributed by atoms with Gasteiger partial charge in [-0.15, -0.1) is 0 Å². The van der Waals surface area contributed by atoms with Crippen molar-refractivity contribution in [1.82, 2.24) is 0 Å². The second-order valence-electron chi connectivity index (χ2n) is 8.37. The van der Waals surface area contributed by atoms with Gasteiger partial charge >= 0.3 is 5.97 Å². The lowest BCUT2D eigenvalue weighted by molar-refractivity contribution is -0.173. The van der Waals surface area contributed by atoms with Gasteiger partial charge in [0.1, 0.15) is 5.60 Å². The highest BCUT2D eigenvalue weighted by Crippen LogP contribution is 2.60. The lowest BCUT2D eigenvalue weighted by atomic mass is 9.66. The van der Waals surface area contributed by atoms with E-state index in [9.17, 15) is 4.79 Å². The van der Waals surface area contributed by atoms with E-state index in [1.807, 2.05) is 0 Å². The zero-order chi connectivity index (χ0) is 14.6. The molecule has 0 N–H and O–H groups in total. The van der Waals surface area contributed by atoms with Crippen LogP contribution in [-0.4, -0.2) is 11.6 Å². The predicted octanol–water partition coefficient (Wildman–Crippen LogP) is 4.35. The smallest absolute Gasteiger partial charge is 0.330 e. The Bertz CT molecular complexity index is 426. The van der Waals surface area contributed by atoms with E-state index in [4.69, 9.17) is 4.74 Å². The minimum Gasteiger partial charge on any atom is -0.456 e. The molecule has 2 heteroatoms. The van der Waals surface area contributed by atoms with Crippen LogP contribution in [0.2, 0.25) is 0 Å². The second-order valence-corrected chi connectivity index (χ2v) is 8.37. The van der Waals surface area contributed by atoms with E-state index in [1.165, 1.54) is 57.4 Å². The lowest BCUT2D eigenvalue weighted by Gasteiger charge is -2.46. The number of hydrogen-bond donors (Lipinski definition) is 0. The van der Waals surface area contributed by atoms with Gasteiger partial charge in [-0.25, -0.2) is 4.79 Å². The Hall–Kier alpha value is -0.790. The molecule has 0 aliphatic heterocycles. The summed E-state index contributed by atoms with van der Waals surface area (Å²) in [6.07, 6.45) is 12.2. The Morgan fingerprint density at radius 1 is 1.00 bits per heavy atom. The minimum absolute atomic E-state index is 0.206. The molecule has 0 radical (unpaired) electrons. The van der Waals surface area contributed by atoms with Crippen molar-refractivity contribution in [3.05, 3.63) is 12.7 Å². The first-order valence-corrected chi connectivity index (χ1v) is 8.95. The van der Waals surface area contributed by atoms with Gasteiger partial charge in [0.2, 0.25) is 0 Å². The molecule has 0 heterocycles.